The third kappa shape index (κ3) is 6.67. The summed E-state index contributed by atoms with van der Waals surface area (Å²) >= 11 is 0. The number of aromatic nitrogens is 4. The maximum atomic E-state index is 5.23. The molecular weight excluding hydrogens is 689 g/mol. The highest BCUT2D eigenvalue weighted by Crippen LogP contribution is 2.39. The van der Waals surface area contributed by atoms with Gasteiger partial charge in [0.1, 0.15) is 5.84 Å². The number of rotatable bonds is 8. The van der Waals surface area contributed by atoms with Gasteiger partial charge < -0.3 is 5.32 Å². The molecule has 270 valence electrons. The van der Waals surface area contributed by atoms with E-state index in [1.165, 1.54) is 5.56 Å². The van der Waals surface area contributed by atoms with Gasteiger partial charge in [-0.05, 0) is 54.3 Å². The zero-order valence-corrected chi connectivity index (χ0v) is 30.6. The molecule has 1 aliphatic carbocycles. The van der Waals surface area contributed by atoms with Gasteiger partial charge in [0.15, 0.2) is 17.5 Å². The van der Waals surface area contributed by atoms with E-state index in [0.29, 0.717) is 17.5 Å². The molecule has 0 saturated carbocycles. The first-order chi connectivity index (χ1) is 27.7. The van der Waals surface area contributed by atoms with E-state index in [1.807, 2.05) is 24.4 Å². The minimum Gasteiger partial charge on any atom is -0.381 e. The molecule has 4 aliphatic rings. The number of allylic oxidation sites excluding steroid dienone is 5. The zero-order valence-electron chi connectivity index (χ0n) is 30.6. The molecule has 0 radical (unpaired) electrons. The van der Waals surface area contributed by atoms with Crippen LogP contribution in [-0.4, -0.2) is 43.4 Å². The Hall–Kier alpha value is -7.03. The fraction of sp³-hybridized carbons (Fsp3) is 0.104. The Morgan fingerprint density at radius 2 is 1.41 bits per heavy atom. The molecule has 2 N–H and O–H groups in total. The number of benzene rings is 4. The number of hydrogen-bond donors (Lipinski definition) is 2. The number of fused-ring (bicyclic) bond motifs is 3. The van der Waals surface area contributed by atoms with Crippen molar-refractivity contribution in [2.24, 2.45) is 10.9 Å². The Labute approximate surface area is 326 Å². The number of dihydropyridines is 1. The topological polar surface area (TPSA) is 91.2 Å². The molecule has 2 aromatic heterocycles. The SMILES string of the molecule is C1=CCNC(c2ccc(-c3nc(C4=CCC(C5=Nc6ccccc6C6=CC(Cc7ccccc7)NN65)C=C4)nc(-c4ccc(-c5ccccn5)cc4)n3)cc2)=C1. The first-order valence-corrected chi connectivity index (χ1v) is 19.1. The van der Waals surface area contributed by atoms with Crippen LogP contribution in [0, 0.1) is 5.92 Å². The standard InChI is InChI=1S/C48H38N8/c1-2-10-32(11-3-1)30-39-31-44-40-12-4-5-15-43(40)51-48(56(44)55-39)38-26-24-37(25-27-38)47-53-45(35-20-16-33(17-21-35)41-13-6-8-28-49-41)52-46(54-47)36-22-18-34(19-23-36)42-14-7-9-29-50-42/h1-26,28,31,38-39,50,55H,27,29-30H2. The van der Waals surface area contributed by atoms with Crippen LogP contribution >= 0.6 is 0 Å². The van der Waals surface area contributed by atoms with E-state index >= 15 is 0 Å². The smallest absolute Gasteiger partial charge is 0.164 e. The molecule has 3 aliphatic heterocycles. The summed E-state index contributed by atoms with van der Waals surface area (Å²) in [5, 5.41) is 5.65. The highest BCUT2D eigenvalue weighted by atomic mass is 15.6. The van der Waals surface area contributed by atoms with E-state index in [9.17, 15) is 0 Å². The van der Waals surface area contributed by atoms with Crippen molar-refractivity contribution in [1.82, 2.24) is 35.7 Å². The van der Waals surface area contributed by atoms with Crippen molar-refractivity contribution in [2.75, 3.05) is 6.54 Å². The van der Waals surface area contributed by atoms with Gasteiger partial charge in [-0.25, -0.2) is 25.4 Å². The van der Waals surface area contributed by atoms with Crippen LogP contribution in [0.15, 0.2) is 175 Å². The van der Waals surface area contributed by atoms with Crippen LogP contribution in [0.2, 0.25) is 0 Å². The van der Waals surface area contributed by atoms with Crippen LogP contribution < -0.4 is 10.7 Å². The first-order valence-electron chi connectivity index (χ1n) is 19.1. The van der Waals surface area contributed by atoms with Crippen LogP contribution in [-0.2, 0) is 6.42 Å². The highest BCUT2D eigenvalue weighted by Gasteiger charge is 2.35. The molecule has 0 fully saturated rings. The average Bonchev–Trinajstić information content (AvgIpc) is 3.71. The van der Waals surface area contributed by atoms with Crippen molar-refractivity contribution in [3.8, 4) is 34.0 Å². The number of nitrogens with one attached hydrogen (secondary N) is 2. The molecule has 0 spiro atoms. The number of hydrogen-bond acceptors (Lipinski definition) is 8. The molecular formula is C48H38N8. The number of pyridine rings is 1. The molecule has 0 bridgehead atoms. The van der Waals surface area contributed by atoms with Gasteiger partial charge in [-0.15, -0.1) is 0 Å². The predicted molar refractivity (Wildman–Crippen MR) is 225 cm³/mol. The fourth-order valence-corrected chi connectivity index (χ4v) is 7.64. The highest BCUT2D eigenvalue weighted by molar-refractivity contribution is 6.01. The van der Waals surface area contributed by atoms with Gasteiger partial charge in [0.25, 0.3) is 0 Å². The van der Waals surface area contributed by atoms with E-state index < -0.39 is 0 Å². The zero-order chi connectivity index (χ0) is 37.3. The summed E-state index contributed by atoms with van der Waals surface area (Å²) in [5.74, 6) is 2.93. The van der Waals surface area contributed by atoms with Gasteiger partial charge in [-0.3, -0.25) is 9.99 Å². The lowest BCUT2D eigenvalue weighted by Gasteiger charge is -2.33. The third-order valence-corrected chi connectivity index (χ3v) is 10.5. The van der Waals surface area contributed by atoms with E-state index in [0.717, 1.165) is 81.4 Å². The Morgan fingerprint density at radius 1 is 0.696 bits per heavy atom. The van der Waals surface area contributed by atoms with Crippen molar-refractivity contribution in [3.05, 3.63) is 193 Å². The summed E-state index contributed by atoms with van der Waals surface area (Å²) in [5.41, 5.74) is 15.3. The summed E-state index contributed by atoms with van der Waals surface area (Å²) in [4.78, 5) is 24.9. The Balaban J connectivity index is 0.964. The predicted octanol–water partition coefficient (Wildman–Crippen LogP) is 9.24. The lowest BCUT2D eigenvalue weighted by atomic mass is 9.93. The molecule has 2 unspecified atom stereocenters. The summed E-state index contributed by atoms with van der Waals surface area (Å²) in [6.45, 7) is 0.818. The summed E-state index contributed by atoms with van der Waals surface area (Å²) in [6.07, 6.45) is 18.7. The Bertz CT molecular complexity index is 2600. The number of aliphatic imine (C=N–C) groups is 1. The van der Waals surface area contributed by atoms with Crippen molar-refractivity contribution < 1.29 is 0 Å². The number of hydrazine groups is 1. The van der Waals surface area contributed by atoms with Crippen molar-refractivity contribution in [1.29, 1.82) is 0 Å². The summed E-state index contributed by atoms with van der Waals surface area (Å²) in [6, 6.07) is 41.8. The van der Waals surface area contributed by atoms with E-state index in [4.69, 9.17) is 19.9 Å². The molecule has 8 heteroatoms. The molecule has 0 amide bonds. The van der Waals surface area contributed by atoms with Gasteiger partial charge in [0, 0.05) is 52.2 Å². The maximum Gasteiger partial charge on any atom is 0.164 e. The quantitative estimate of drug-likeness (QED) is 0.162. The summed E-state index contributed by atoms with van der Waals surface area (Å²) < 4.78 is 0. The van der Waals surface area contributed by atoms with Gasteiger partial charge in [-0.2, -0.15) is 0 Å². The molecule has 5 heterocycles. The van der Waals surface area contributed by atoms with Gasteiger partial charge in [0.05, 0.1) is 23.1 Å². The maximum absolute atomic E-state index is 5.23. The lowest BCUT2D eigenvalue weighted by molar-refractivity contribution is 0.396. The van der Waals surface area contributed by atoms with Crippen LogP contribution in [0.3, 0.4) is 0 Å². The Kier molecular flexibility index (Phi) is 8.78. The van der Waals surface area contributed by atoms with Crippen molar-refractivity contribution in [2.45, 2.75) is 18.9 Å². The fourth-order valence-electron chi connectivity index (χ4n) is 7.64. The van der Waals surface area contributed by atoms with Crippen molar-refractivity contribution >= 4 is 28.5 Å². The molecule has 6 aromatic rings. The van der Waals surface area contributed by atoms with E-state index in [1.54, 1.807) is 0 Å². The van der Waals surface area contributed by atoms with Crippen LogP contribution in [0.5, 0.6) is 0 Å². The molecule has 8 nitrogen and oxygen atoms in total. The second kappa shape index (κ2) is 14.7. The van der Waals surface area contributed by atoms with Crippen LogP contribution in [0.1, 0.15) is 28.9 Å². The molecule has 2 atom stereocenters. The Morgan fingerprint density at radius 3 is 2.12 bits per heavy atom. The van der Waals surface area contributed by atoms with Gasteiger partial charge in [-0.1, -0.05) is 134 Å². The minimum atomic E-state index is 0.0588. The summed E-state index contributed by atoms with van der Waals surface area (Å²) in [7, 11) is 0. The van der Waals surface area contributed by atoms with E-state index in [-0.39, 0.29) is 12.0 Å². The van der Waals surface area contributed by atoms with Gasteiger partial charge >= 0.3 is 0 Å². The largest absolute Gasteiger partial charge is 0.381 e. The van der Waals surface area contributed by atoms with Crippen LogP contribution in [0.25, 0.3) is 51.0 Å². The van der Waals surface area contributed by atoms with Crippen LogP contribution in [0.4, 0.5) is 5.69 Å². The first kappa shape index (κ1) is 33.5. The monoisotopic (exact) mass is 726 g/mol. The number of nitrogens with zero attached hydrogens (tertiary/aromatic N) is 6. The lowest BCUT2D eigenvalue weighted by Crippen LogP contribution is -2.45. The minimum absolute atomic E-state index is 0.0588. The average molecular weight is 727 g/mol. The number of para-hydroxylation sites is 1. The second-order valence-electron chi connectivity index (χ2n) is 14.2. The number of amidine groups is 1. The van der Waals surface area contributed by atoms with Crippen molar-refractivity contribution in [3.63, 3.8) is 0 Å². The normalized spacial score (nSPS) is 18.2. The van der Waals surface area contributed by atoms with Gasteiger partial charge in [0.2, 0.25) is 0 Å². The molecule has 0 saturated heterocycles. The third-order valence-electron chi connectivity index (χ3n) is 10.5. The molecule has 4 aromatic carbocycles. The second-order valence-corrected chi connectivity index (χ2v) is 14.2. The van der Waals surface area contributed by atoms with E-state index in [2.05, 4.69) is 166 Å². The molecule has 56 heavy (non-hydrogen) atoms. The molecule has 10 rings (SSSR count).